The molecule has 2 aromatic rings. The number of aromatic nitrogens is 2. The van der Waals surface area contributed by atoms with E-state index in [0.29, 0.717) is 0 Å². The Morgan fingerprint density at radius 2 is 1.74 bits per heavy atom. The zero-order valence-corrected chi connectivity index (χ0v) is 10.2. The number of H-pyrrole nitrogens is 1. The molecule has 0 spiro atoms. The van der Waals surface area contributed by atoms with Crippen LogP contribution in [0.2, 0.25) is 0 Å². The summed E-state index contributed by atoms with van der Waals surface area (Å²) in [4.78, 5) is 41.3. The van der Waals surface area contributed by atoms with Crippen LogP contribution in [0.4, 0.5) is 0 Å². The zero-order chi connectivity index (χ0) is 14.0. The minimum Gasteiger partial charge on any atom is -0.465 e. The van der Waals surface area contributed by atoms with Crippen LogP contribution >= 0.6 is 0 Å². The highest BCUT2D eigenvalue weighted by Gasteiger charge is 2.20. The summed E-state index contributed by atoms with van der Waals surface area (Å²) in [6, 6.07) is 0. The first-order chi connectivity index (χ1) is 9.10. The predicted molar refractivity (Wildman–Crippen MR) is 65.0 cm³/mol. The van der Waals surface area contributed by atoms with Gasteiger partial charge in [-0.05, 0) is 0 Å². The molecular formula is C12H10N2O5. The summed E-state index contributed by atoms with van der Waals surface area (Å²) >= 11 is 0. The lowest BCUT2D eigenvalue weighted by atomic mass is 10.0. The molecule has 7 nitrogen and oxygen atoms in total. The number of methoxy groups -OCH3 is 2. The summed E-state index contributed by atoms with van der Waals surface area (Å²) in [7, 11) is 2.41. The molecular weight excluding hydrogens is 252 g/mol. The van der Waals surface area contributed by atoms with Crippen LogP contribution in [0.25, 0.3) is 10.8 Å². The second kappa shape index (κ2) is 4.89. The summed E-state index contributed by atoms with van der Waals surface area (Å²) in [5.41, 5.74) is -0.354. The van der Waals surface area contributed by atoms with Crippen LogP contribution in [0.5, 0.6) is 0 Å². The van der Waals surface area contributed by atoms with Gasteiger partial charge in [-0.1, -0.05) is 0 Å². The van der Waals surface area contributed by atoms with Gasteiger partial charge < -0.3 is 14.5 Å². The van der Waals surface area contributed by atoms with Crippen molar-refractivity contribution in [3.63, 3.8) is 0 Å². The molecule has 0 atom stereocenters. The smallest absolute Gasteiger partial charge is 0.340 e. The van der Waals surface area contributed by atoms with Crippen LogP contribution in [-0.4, -0.2) is 36.1 Å². The molecule has 2 aromatic heterocycles. The second-order valence-electron chi connectivity index (χ2n) is 3.62. The summed E-state index contributed by atoms with van der Waals surface area (Å²) in [5, 5.41) is 0.281. The number of nitrogens with zero attached hydrogens (tertiary/aromatic N) is 1. The van der Waals surface area contributed by atoms with Crippen molar-refractivity contribution in [3.05, 3.63) is 40.1 Å². The van der Waals surface area contributed by atoms with Crippen molar-refractivity contribution in [2.75, 3.05) is 14.2 Å². The molecule has 7 heteroatoms. The largest absolute Gasteiger partial charge is 0.465 e. The summed E-state index contributed by atoms with van der Waals surface area (Å²) in [6.07, 6.45) is 3.70. The fourth-order valence-corrected chi connectivity index (χ4v) is 1.75. The molecule has 0 aliphatic rings. The lowest BCUT2D eigenvalue weighted by molar-refractivity contribution is 0.0601. The van der Waals surface area contributed by atoms with Crippen molar-refractivity contribution in [3.8, 4) is 0 Å². The summed E-state index contributed by atoms with van der Waals surface area (Å²) < 4.78 is 9.23. The van der Waals surface area contributed by atoms with Crippen molar-refractivity contribution in [2.24, 2.45) is 0 Å². The maximum atomic E-state index is 11.7. The Kier molecular flexibility index (Phi) is 3.28. The summed E-state index contributed by atoms with van der Waals surface area (Å²) in [5.74, 6) is -1.36. The molecule has 2 heterocycles. The van der Waals surface area contributed by atoms with E-state index >= 15 is 0 Å². The molecule has 2 rings (SSSR count). The number of nitrogens with one attached hydrogen (secondary N) is 1. The number of hydrogen-bond donors (Lipinski definition) is 1. The Morgan fingerprint density at radius 3 is 2.37 bits per heavy atom. The monoisotopic (exact) mass is 262 g/mol. The lowest BCUT2D eigenvalue weighted by Gasteiger charge is -2.07. The average Bonchev–Trinajstić information content (AvgIpc) is 2.45. The highest BCUT2D eigenvalue weighted by atomic mass is 16.5. The number of aromatic amines is 1. The molecule has 1 N–H and O–H groups in total. The number of fused-ring (bicyclic) bond motifs is 1. The second-order valence-corrected chi connectivity index (χ2v) is 3.62. The van der Waals surface area contributed by atoms with Gasteiger partial charge in [-0.15, -0.1) is 0 Å². The molecule has 0 aromatic carbocycles. The van der Waals surface area contributed by atoms with Gasteiger partial charge >= 0.3 is 11.9 Å². The zero-order valence-electron chi connectivity index (χ0n) is 10.2. The molecule has 0 bridgehead atoms. The Hall–Kier alpha value is -2.70. The van der Waals surface area contributed by atoms with Crippen molar-refractivity contribution in [1.29, 1.82) is 0 Å². The number of esters is 2. The maximum Gasteiger partial charge on any atom is 0.340 e. The van der Waals surface area contributed by atoms with E-state index < -0.39 is 17.5 Å². The van der Waals surface area contributed by atoms with Gasteiger partial charge in [-0.25, -0.2) is 9.59 Å². The quantitative estimate of drug-likeness (QED) is 0.791. The molecule has 0 unspecified atom stereocenters. The first-order valence-corrected chi connectivity index (χ1v) is 5.26. The van der Waals surface area contributed by atoms with Crippen LogP contribution in [0.15, 0.2) is 23.4 Å². The highest BCUT2D eigenvalue weighted by molar-refractivity contribution is 6.12. The van der Waals surface area contributed by atoms with E-state index in [2.05, 4.69) is 19.4 Å². The van der Waals surface area contributed by atoms with Crippen molar-refractivity contribution < 1.29 is 19.1 Å². The molecule has 0 aliphatic heterocycles. The fraction of sp³-hybridized carbons (Fsp3) is 0.167. The third kappa shape index (κ3) is 2.05. The van der Waals surface area contributed by atoms with Crippen LogP contribution in [-0.2, 0) is 9.47 Å². The van der Waals surface area contributed by atoms with E-state index in [1.54, 1.807) is 0 Å². The topological polar surface area (TPSA) is 98.4 Å². The van der Waals surface area contributed by atoms with E-state index in [4.69, 9.17) is 0 Å². The van der Waals surface area contributed by atoms with Gasteiger partial charge in [0.2, 0.25) is 0 Å². The van der Waals surface area contributed by atoms with Gasteiger partial charge in [-0.2, -0.15) is 0 Å². The van der Waals surface area contributed by atoms with Crippen molar-refractivity contribution >= 4 is 22.7 Å². The van der Waals surface area contributed by atoms with E-state index in [9.17, 15) is 14.4 Å². The average molecular weight is 262 g/mol. The van der Waals surface area contributed by atoms with Crippen molar-refractivity contribution in [2.45, 2.75) is 0 Å². The van der Waals surface area contributed by atoms with E-state index in [-0.39, 0.29) is 21.9 Å². The lowest BCUT2D eigenvalue weighted by Crippen LogP contribution is -2.15. The number of hydrogen-bond acceptors (Lipinski definition) is 6. The number of rotatable bonds is 2. The minimum atomic E-state index is -0.686. The number of carbonyl (C=O) groups excluding carboxylic acids is 2. The van der Waals surface area contributed by atoms with Crippen molar-refractivity contribution in [1.82, 2.24) is 9.97 Å². The van der Waals surface area contributed by atoms with E-state index in [0.717, 1.165) is 0 Å². The summed E-state index contributed by atoms with van der Waals surface area (Å²) in [6.45, 7) is 0. The van der Waals surface area contributed by atoms with Gasteiger partial charge in [0.1, 0.15) is 0 Å². The van der Waals surface area contributed by atoms with E-state index in [1.807, 2.05) is 0 Å². The molecule has 98 valence electrons. The molecule has 0 fully saturated rings. The van der Waals surface area contributed by atoms with Crippen LogP contribution in [0.3, 0.4) is 0 Å². The SMILES string of the molecule is COC(=O)c1cncc2c(=O)[nH]cc(C(=O)OC)c12. The molecule has 0 amide bonds. The van der Waals surface area contributed by atoms with Gasteiger partial charge in [0.05, 0.1) is 30.7 Å². The Balaban J connectivity index is 2.91. The van der Waals surface area contributed by atoms with Crippen LogP contribution in [0, 0.1) is 0 Å². The van der Waals surface area contributed by atoms with Gasteiger partial charge in [0.15, 0.2) is 0 Å². The third-order valence-corrected chi connectivity index (χ3v) is 2.62. The van der Waals surface area contributed by atoms with E-state index in [1.165, 1.54) is 32.8 Å². The first-order valence-electron chi connectivity index (χ1n) is 5.26. The number of pyridine rings is 2. The van der Waals surface area contributed by atoms with Gasteiger partial charge in [0.25, 0.3) is 5.56 Å². The molecule has 19 heavy (non-hydrogen) atoms. The normalized spacial score (nSPS) is 10.2. The number of ether oxygens (including phenoxy) is 2. The highest BCUT2D eigenvalue weighted by Crippen LogP contribution is 2.20. The van der Waals surface area contributed by atoms with Crippen LogP contribution in [0.1, 0.15) is 20.7 Å². The molecule has 0 saturated carbocycles. The third-order valence-electron chi connectivity index (χ3n) is 2.62. The fourth-order valence-electron chi connectivity index (χ4n) is 1.75. The Morgan fingerprint density at radius 1 is 1.11 bits per heavy atom. The maximum absolute atomic E-state index is 11.7. The Bertz CT molecular complexity index is 697. The standard InChI is InChI=1S/C12H10N2O5/c1-18-11(16)7-4-13-3-6-9(7)8(12(17)19-2)5-14-10(6)15/h3-5H,1-2H3,(H,14,15). The Labute approximate surface area is 107 Å². The minimum absolute atomic E-state index is 0.0338. The predicted octanol–water partition coefficient (Wildman–Crippen LogP) is 0.496. The van der Waals surface area contributed by atoms with Gasteiger partial charge in [-0.3, -0.25) is 9.78 Å². The van der Waals surface area contributed by atoms with Crippen LogP contribution < -0.4 is 5.56 Å². The number of carbonyl (C=O) groups is 2. The molecule has 0 aliphatic carbocycles. The molecule has 0 saturated heterocycles. The molecule has 0 radical (unpaired) electrons. The first kappa shape index (κ1) is 12.7. The van der Waals surface area contributed by atoms with Gasteiger partial charge in [0, 0.05) is 24.0 Å².